The Bertz CT molecular complexity index is 576. The van der Waals surface area contributed by atoms with Gasteiger partial charge < -0.3 is 9.84 Å². The molecule has 0 spiro atoms. The zero-order chi connectivity index (χ0) is 17.7. The van der Waals surface area contributed by atoms with Crippen LogP contribution in [-0.2, 0) is 16.1 Å². The normalized spacial score (nSPS) is 21.4. The summed E-state index contributed by atoms with van der Waals surface area (Å²) in [4.78, 5) is 23.6. The highest BCUT2D eigenvalue weighted by molar-refractivity contribution is 5.70. The second kappa shape index (κ2) is 7.55. The van der Waals surface area contributed by atoms with Gasteiger partial charge in [-0.25, -0.2) is 4.79 Å². The molecule has 1 heterocycles. The van der Waals surface area contributed by atoms with E-state index in [1.165, 1.54) is 0 Å². The highest BCUT2D eigenvalue weighted by atomic mass is 19.4. The van der Waals surface area contributed by atoms with Gasteiger partial charge in [-0.3, -0.25) is 9.69 Å². The van der Waals surface area contributed by atoms with Crippen molar-refractivity contribution >= 4 is 12.1 Å². The number of benzene rings is 1. The van der Waals surface area contributed by atoms with Crippen LogP contribution in [0.2, 0.25) is 0 Å². The van der Waals surface area contributed by atoms with E-state index in [0.717, 1.165) is 0 Å². The van der Waals surface area contributed by atoms with Crippen LogP contribution in [-0.4, -0.2) is 40.8 Å². The van der Waals surface area contributed by atoms with Crippen molar-refractivity contribution in [3.8, 4) is 0 Å². The third-order valence-electron chi connectivity index (χ3n) is 3.97. The van der Waals surface area contributed by atoms with E-state index < -0.39 is 36.6 Å². The van der Waals surface area contributed by atoms with E-state index in [1.54, 1.807) is 30.3 Å². The number of carbonyl (C=O) groups is 2. The van der Waals surface area contributed by atoms with Gasteiger partial charge in [0.15, 0.2) is 0 Å². The topological polar surface area (TPSA) is 66.8 Å². The van der Waals surface area contributed by atoms with Gasteiger partial charge in [-0.15, -0.1) is 0 Å². The number of likely N-dealkylation sites (tertiary alicyclic amines) is 1. The van der Waals surface area contributed by atoms with Gasteiger partial charge in [-0.1, -0.05) is 30.3 Å². The number of carbonyl (C=O) groups excluding carboxylic acids is 1. The molecular formula is C16H18F3NO4. The number of piperidine rings is 1. The quantitative estimate of drug-likeness (QED) is 0.908. The van der Waals surface area contributed by atoms with E-state index in [0.29, 0.717) is 16.9 Å². The molecular weight excluding hydrogens is 327 g/mol. The predicted octanol–water partition coefficient (Wildman–Crippen LogP) is 3.44. The fourth-order valence-electron chi connectivity index (χ4n) is 2.96. The van der Waals surface area contributed by atoms with Crippen LogP contribution in [0.15, 0.2) is 30.3 Å². The lowest BCUT2D eigenvalue weighted by atomic mass is 9.86. The van der Waals surface area contributed by atoms with Crippen LogP contribution in [0.4, 0.5) is 18.0 Å². The third-order valence-corrected chi connectivity index (χ3v) is 3.97. The Morgan fingerprint density at radius 1 is 1.25 bits per heavy atom. The Morgan fingerprint density at radius 2 is 1.92 bits per heavy atom. The molecule has 0 aromatic heterocycles. The largest absolute Gasteiger partial charge is 0.481 e. The molecule has 0 bridgehead atoms. The molecule has 1 aromatic rings. The Labute approximate surface area is 137 Å². The van der Waals surface area contributed by atoms with E-state index >= 15 is 0 Å². The Balaban J connectivity index is 2.09. The summed E-state index contributed by atoms with van der Waals surface area (Å²) >= 11 is 0. The second-order valence-electron chi connectivity index (χ2n) is 5.72. The van der Waals surface area contributed by atoms with Crippen molar-refractivity contribution in [2.24, 2.45) is 5.92 Å². The fourth-order valence-corrected chi connectivity index (χ4v) is 2.96. The minimum atomic E-state index is -4.70. The summed E-state index contributed by atoms with van der Waals surface area (Å²) in [6.07, 6.45) is -5.99. The summed E-state index contributed by atoms with van der Waals surface area (Å²) in [6, 6.07) is 6.48. The summed E-state index contributed by atoms with van der Waals surface area (Å²) in [7, 11) is 0. The Kier molecular flexibility index (Phi) is 5.69. The first-order chi connectivity index (χ1) is 11.3. The lowest BCUT2D eigenvalue weighted by Gasteiger charge is -2.40. The van der Waals surface area contributed by atoms with Gasteiger partial charge in [0.2, 0.25) is 0 Å². The molecule has 24 heavy (non-hydrogen) atoms. The zero-order valence-corrected chi connectivity index (χ0v) is 12.8. The van der Waals surface area contributed by atoms with Crippen molar-refractivity contribution in [2.45, 2.75) is 38.1 Å². The van der Waals surface area contributed by atoms with E-state index in [1.807, 2.05) is 0 Å². The first-order valence-electron chi connectivity index (χ1n) is 7.55. The first kappa shape index (κ1) is 18.1. The molecule has 0 radical (unpaired) electrons. The molecule has 1 N–H and O–H groups in total. The van der Waals surface area contributed by atoms with E-state index in [4.69, 9.17) is 9.84 Å². The molecule has 1 saturated heterocycles. The number of alkyl halides is 3. The number of hydrogen-bond donors (Lipinski definition) is 1. The van der Waals surface area contributed by atoms with Gasteiger partial charge >= 0.3 is 18.2 Å². The summed E-state index contributed by atoms with van der Waals surface area (Å²) < 4.78 is 45.1. The zero-order valence-electron chi connectivity index (χ0n) is 12.8. The van der Waals surface area contributed by atoms with Crippen molar-refractivity contribution < 1.29 is 32.6 Å². The highest BCUT2D eigenvalue weighted by Gasteiger charge is 2.52. The SMILES string of the molecule is O=C(O)C[C@H]1CCCN(C(=O)OCc2ccccc2)[C@H]1C(F)(F)F. The second-order valence-corrected chi connectivity index (χ2v) is 5.72. The van der Waals surface area contributed by atoms with Gasteiger partial charge in [-0.2, -0.15) is 13.2 Å². The molecule has 1 aliphatic heterocycles. The Hall–Kier alpha value is -2.25. The van der Waals surface area contributed by atoms with Crippen molar-refractivity contribution in [2.75, 3.05) is 6.54 Å². The van der Waals surface area contributed by atoms with E-state index in [2.05, 4.69) is 0 Å². The van der Waals surface area contributed by atoms with Gasteiger partial charge in [-0.05, 0) is 24.3 Å². The average Bonchev–Trinajstić information content (AvgIpc) is 2.51. The predicted molar refractivity (Wildman–Crippen MR) is 78.2 cm³/mol. The number of nitrogens with zero attached hydrogens (tertiary/aromatic N) is 1. The first-order valence-corrected chi connectivity index (χ1v) is 7.55. The molecule has 8 heteroatoms. The number of rotatable bonds is 4. The summed E-state index contributed by atoms with van der Waals surface area (Å²) in [6.45, 7) is -0.238. The molecule has 2 atom stereocenters. The van der Waals surface area contributed by atoms with Crippen molar-refractivity contribution in [1.82, 2.24) is 4.90 Å². The van der Waals surface area contributed by atoms with Crippen LogP contribution in [0.25, 0.3) is 0 Å². The number of aliphatic carboxylic acids is 1. The molecule has 0 aliphatic carbocycles. The lowest BCUT2D eigenvalue weighted by Crippen LogP contribution is -2.56. The number of hydrogen-bond acceptors (Lipinski definition) is 3. The van der Waals surface area contributed by atoms with Gasteiger partial charge in [0.1, 0.15) is 12.6 Å². The number of carboxylic acids is 1. The highest BCUT2D eigenvalue weighted by Crippen LogP contribution is 2.37. The smallest absolute Gasteiger partial charge is 0.410 e. The molecule has 0 saturated carbocycles. The minimum absolute atomic E-state index is 0.103. The average molecular weight is 345 g/mol. The monoisotopic (exact) mass is 345 g/mol. The number of ether oxygens (including phenoxy) is 1. The van der Waals surface area contributed by atoms with Crippen LogP contribution in [0, 0.1) is 5.92 Å². The van der Waals surface area contributed by atoms with Gasteiger partial charge in [0.05, 0.1) is 6.42 Å². The maximum atomic E-state index is 13.4. The fraction of sp³-hybridized carbons (Fsp3) is 0.500. The number of amides is 1. The molecule has 132 valence electrons. The van der Waals surface area contributed by atoms with Crippen molar-refractivity contribution in [3.05, 3.63) is 35.9 Å². The molecule has 2 rings (SSSR count). The number of halogens is 3. The maximum Gasteiger partial charge on any atom is 0.410 e. The van der Waals surface area contributed by atoms with Crippen LogP contribution in [0.1, 0.15) is 24.8 Å². The van der Waals surface area contributed by atoms with Gasteiger partial charge in [0, 0.05) is 6.54 Å². The van der Waals surface area contributed by atoms with Crippen LogP contribution >= 0.6 is 0 Å². The summed E-state index contributed by atoms with van der Waals surface area (Å²) in [5, 5.41) is 8.82. The Morgan fingerprint density at radius 3 is 2.50 bits per heavy atom. The molecule has 1 fully saturated rings. The van der Waals surface area contributed by atoms with Crippen LogP contribution in [0.5, 0.6) is 0 Å². The van der Waals surface area contributed by atoms with Gasteiger partial charge in [0.25, 0.3) is 0 Å². The van der Waals surface area contributed by atoms with E-state index in [-0.39, 0.29) is 19.6 Å². The standard InChI is InChI=1S/C16H18F3NO4/c17-16(18,19)14-12(9-13(21)22)7-4-8-20(14)15(23)24-10-11-5-2-1-3-6-11/h1-3,5-6,12,14H,4,7-10H2,(H,21,22)/t12-,14-/m1/s1. The third kappa shape index (κ3) is 4.62. The summed E-state index contributed by atoms with van der Waals surface area (Å²) in [5.41, 5.74) is 0.661. The van der Waals surface area contributed by atoms with Crippen molar-refractivity contribution in [3.63, 3.8) is 0 Å². The molecule has 5 nitrogen and oxygen atoms in total. The lowest BCUT2D eigenvalue weighted by molar-refractivity contribution is -0.201. The van der Waals surface area contributed by atoms with Crippen LogP contribution in [0.3, 0.4) is 0 Å². The maximum absolute atomic E-state index is 13.4. The summed E-state index contributed by atoms with van der Waals surface area (Å²) in [5.74, 6) is -2.48. The molecule has 1 aromatic carbocycles. The number of carboxylic acid groups (broad SMARTS) is 1. The minimum Gasteiger partial charge on any atom is -0.481 e. The van der Waals surface area contributed by atoms with Crippen molar-refractivity contribution in [1.29, 1.82) is 0 Å². The van der Waals surface area contributed by atoms with Crippen LogP contribution < -0.4 is 0 Å². The van der Waals surface area contributed by atoms with E-state index in [9.17, 15) is 22.8 Å². The molecule has 0 unspecified atom stereocenters. The molecule has 1 aliphatic rings. The molecule has 1 amide bonds.